The minimum Gasteiger partial charge on any atom is -0.476 e. The molecular weight excluding hydrogens is 248 g/mol. The number of aryl methyl sites for hydroxylation is 1. The highest BCUT2D eigenvalue weighted by atomic mass is 16.4. The van der Waals surface area contributed by atoms with Crippen LogP contribution in [0.4, 0.5) is 10.5 Å². The third-order valence-electron chi connectivity index (χ3n) is 3.11. The maximum atomic E-state index is 12.1. The first kappa shape index (κ1) is 13.1. The Labute approximate surface area is 110 Å². The summed E-state index contributed by atoms with van der Waals surface area (Å²) >= 11 is 0. The maximum Gasteiger partial charge on any atom is 0.358 e. The average Bonchev–Trinajstić information content (AvgIpc) is 2.68. The highest BCUT2D eigenvalue weighted by Gasteiger charge is 2.23. The molecule has 1 aromatic rings. The lowest BCUT2D eigenvalue weighted by Gasteiger charge is -2.23. The molecule has 1 aliphatic heterocycles. The first-order chi connectivity index (χ1) is 9.00. The molecule has 0 spiro atoms. The second-order valence-corrected chi connectivity index (χ2v) is 4.37. The smallest absolute Gasteiger partial charge is 0.358 e. The van der Waals surface area contributed by atoms with E-state index in [4.69, 9.17) is 5.11 Å². The van der Waals surface area contributed by atoms with Gasteiger partial charge in [0.25, 0.3) is 0 Å². The van der Waals surface area contributed by atoms with Crippen molar-refractivity contribution in [2.45, 2.75) is 13.3 Å². The fourth-order valence-electron chi connectivity index (χ4n) is 1.92. The van der Waals surface area contributed by atoms with Gasteiger partial charge in [-0.2, -0.15) is 5.10 Å². The standard InChI is InChI=1S/C12H16N4O3/c1-8-9(10(11(17)18)14-15(8)2)13-12(19)16-6-4-3-5-7-16/h3-4H,5-7H2,1-2H3,(H,13,19)(H,17,18). The van der Waals surface area contributed by atoms with Gasteiger partial charge in [-0.25, -0.2) is 9.59 Å². The molecule has 102 valence electrons. The first-order valence-electron chi connectivity index (χ1n) is 5.98. The molecule has 0 bridgehead atoms. The molecule has 0 atom stereocenters. The Morgan fingerprint density at radius 1 is 1.42 bits per heavy atom. The molecular formula is C12H16N4O3. The summed E-state index contributed by atoms with van der Waals surface area (Å²) in [5, 5.41) is 15.6. The molecule has 2 N–H and O–H groups in total. The molecule has 0 saturated heterocycles. The monoisotopic (exact) mass is 264 g/mol. The lowest BCUT2D eigenvalue weighted by atomic mass is 10.2. The van der Waals surface area contributed by atoms with Crippen molar-refractivity contribution in [3.8, 4) is 0 Å². The van der Waals surface area contributed by atoms with Crippen LogP contribution in [0.3, 0.4) is 0 Å². The van der Waals surface area contributed by atoms with E-state index in [0.29, 0.717) is 18.8 Å². The third-order valence-corrected chi connectivity index (χ3v) is 3.11. The van der Waals surface area contributed by atoms with Crippen molar-refractivity contribution in [1.29, 1.82) is 0 Å². The number of carbonyl (C=O) groups excluding carboxylic acids is 1. The van der Waals surface area contributed by atoms with Crippen LogP contribution in [0.15, 0.2) is 12.2 Å². The second-order valence-electron chi connectivity index (χ2n) is 4.37. The van der Waals surface area contributed by atoms with Crippen LogP contribution in [0.5, 0.6) is 0 Å². The van der Waals surface area contributed by atoms with Crippen LogP contribution in [0, 0.1) is 6.92 Å². The van der Waals surface area contributed by atoms with Gasteiger partial charge in [-0.15, -0.1) is 0 Å². The molecule has 1 aromatic heterocycles. The number of amides is 2. The quantitative estimate of drug-likeness (QED) is 0.786. The predicted octanol–water partition coefficient (Wildman–Crippen LogP) is 1.22. The molecule has 2 rings (SSSR count). The van der Waals surface area contributed by atoms with Crippen LogP contribution in [0.1, 0.15) is 22.6 Å². The van der Waals surface area contributed by atoms with Gasteiger partial charge in [-0.3, -0.25) is 4.68 Å². The lowest BCUT2D eigenvalue weighted by molar-refractivity contribution is 0.0690. The topological polar surface area (TPSA) is 87.5 Å². The number of nitrogens with zero attached hydrogens (tertiary/aromatic N) is 3. The van der Waals surface area contributed by atoms with E-state index in [0.717, 1.165) is 6.42 Å². The van der Waals surface area contributed by atoms with E-state index in [1.165, 1.54) is 4.68 Å². The van der Waals surface area contributed by atoms with E-state index in [2.05, 4.69) is 10.4 Å². The number of aromatic carboxylic acids is 1. The molecule has 2 heterocycles. The molecule has 0 radical (unpaired) electrons. The Bertz CT molecular complexity index is 547. The number of carboxylic acids is 1. The van der Waals surface area contributed by atoms with Crippen molar-refractivity contribution >= 4 is 17.7 Å². The van der Waals surface area contributed by atoms with Crippen molar-refractivity contribution < 1.29 is 14.7 Å². The summed E-state index contributed by atoms with van der Waals surface area (Å²) < 4.78 is 1.44. The molecule has 0 fully saturated rings. The number of carboxylic acid groups (broad SMARTS) is 1. The zero-order valence-corrected chi connectivity index (χ0v) is 10.9. The van der Waals surface area contributed by atoms with Gasteiger partial charge in [0, 0.05) is 20.1 Å². The lowest BCUT2D eigenvalue weighted by Crippen LogP contribution is -2.37. The zero-order chi connectivity index (χ0) is 14.0. The Balaban J connectivity index is 2.20. The molecule has 7 heteroatoms. The summed E-state index contributed by atoms with van der Waals surface area (Å²) in [5.74, 6) is -1.16. The summed E-state index contributed by atoms with van der Waals surface area (Å²) in [4.78, 5) is 24.8. The van der Waals surface area contributed by atoms with Crippen molar-refractivity contribution in [1.82, 2.24) is 14.7 Å². The maximum absolute atomic E-state index is 12.1. The zero-order valence-electron chi connectivity index (χ0n) is 10.9. The summed E-state index contributed by atoms with van der Waals surface area (Å²) in [5.41, 5.74) is 0.730. The number of carbonyl (C=O) groups is 2. The second kappa shape index (κ2) is 5.13. The minimum absolute atomic E-state index is 0.138. The van der Waals surface area contributed by atoms with E-state index in [-0.39, 0.29) is 17.4 Å². The highest BCUT2D eigenvalue weighted by molar-refractivity contribution is 5.99. The number of rotatable bonds is 2. The number of hydrogen-bond donors (Lipinski definition) is 2. The minimum atomic E-state index is -1.16. The molecule has 19 heavy (non-hydrogen) atoms. The van der Waals surface area contributed by atoms with E-state index in [9.17, 15) is 9.59 Å². The average molecular weight is 264 g/mol. The number of aromatic nitrogens is 2. The SMILES string of the molecule is Cc1c(NC(=O)N2CC=CCC2)c(C(=O)O)nn1C. The third kappa shape index (κ3) is 2.59. The van der Waals surface area contributed by atoms with E-state index in [1.807, 2.05) is 12.2 Å². The number of nitrogens with one attached hydrogen (secondary N) is 1. The Morgan fingerprint density at radius 2 is 2.16 bits per heavy atom. The Kier molecular flexibility index (Phi) is 3.55. The van der Waals surface area contributed by atoms with Crippen LogP contribution in [-0.4, -0.2) is 44.9 Å². The van der Waals surface area contributed by atoms with Crippen LogP contribution in [-0.2, 0) is 7.05 Å². The van der Waals surface area contributed by atoms with Gasteiger partial charge in [-0.1, -0.05) is 12.2 Å². The van der Waals surface area contributed by atoms with E-state index >= 15 is 0 Å². The van der Waals surface area contributed by atoms with Gasteiger partial charge in [0.1, 0.15) is 0 Å². The first-order valence-corrected chi connectivity index (χ1v) is 5.98. The number of anilines is 1. The Hall–Kier alpha value is -2.31. The largest absolute Gasteiger partial charge is 0.476 e. The van der Waals surface area contributed by atoms with Crippen LogP contribution >= 0.6 is 0 Å². The van der Waals surface area contributed by atoms with Crippen molar-refractivity contribution in [2.75, 3.05) is 18.4 Å². The fourth-order valence-corrected chi connectivity index (χ4v) is 1.92. The van der Waals surface area contributed by atoms with Gasteiger partial charge in [0.15, 0.2) is 5.69 Å². The summed E-state index contributed by atoms with van der Waals surface area (Å²) in [6.45, 7) is 2.88. The summed E-state index contributed by atoms with van der Waals surface area (Å²) in [6, 6.07) is -0.303. The molecule has 2 amide bonds. The normalized spacial score (nSPS) is 14.5. The van der Waals surface area contributed by atoms with Crippen molar-refractivity contribution in [3.05, 3.63) is 23.5 Å². The van der Waals surface area contributed by atoms with E-state index < -0.39 is 5.97 Å². The Morgan fingerprint density at radius 3 is 2.74 bits per heavy atom. The number of hydrogen-bond acceptors (Lipinski definition) is 3. The van der Waals surface area contributed by atoms with Gasteiger partial charge in [0.05, 0.1) is 11.4 Å². The van der Waals surface area contributed by atoms with Crippen LogP contribution in [0.2, 0.25) is 0 Å². The molecule has 0 aliphatic carbocycles. The van der Waals surface area contributed by atoms with Crippen LogP contribution < -0.4 is 5.32 Å². The molecule has 1 aliphatic rings. The van der Waals surface area contributed by atoms with Crippen molar-refractivity contribution in [2.24, 2.45) is 7.05 Å². The number of urea groups is 1. The highest BCUT2D eigenvalue weighted by Crippen LogP contribution is 2.20. The summed E-state index contributed by atoms with van der Waals surface area (Å²) in [7, 11) is 1.64. The van der Waals surface area contributed by atoms with Crippen molar-refractivity contribution in [3.63, 3.8) is 0 Å². The van der Waals surface area contributed by atoms with Gasteiger partial charge in [0.2, 0.25) is 0 Å². The molecule has 0 aromatic carbocycles. The molecule has 0 unspecified atom stereocenters. The van der Waals surface area contributed by atoms with Gasteiger partial charge in [-0.05, 0) is 13.3 Å². The summed E-state index contributed by atoms with van der Waals surface area (Å²) in [6.07, 6.45) is 4.74. The van der Waals surface area contributed by atoms with Gasteiger partial charge < -0.3 is 15.3 Å². The van der Waals surface area contributed by atoms with Gasteiger partial charge >= 0.3 is 12.0 Å². The fraction of sp³-hybridized carbons (Fsp3) is 0.417. The van der Waals surface area contributed by atoms with Crippen LogP contribution in [0.25, 0.3) is 0 Å². The molecule has 7 nitrogen and oxygen atoms in total. The molecule has 0 saturated carbocycles. The predicted molar refractivity (Wildman–Crippen MR) is 69.3 cm³/mol. The van der Waals surface area contributed by atoms with E-state index in [1.54, 1.807) is 18.9 Å².